The van der Waals surface area contributed by atoms with Crippen molar-refractivity contribution in [3.8, 4) is 0 Å². The van der Waals surface area contributed by atoms with Crippen LogP contribution in [0.25, 0.3) is 0 Å². The molecular weight excluding hydrogens is 204 g/mol. The van der Waals surface area contributed by atoms with Crippen LogP contribution in [0, 0.1) is 5.41 Å². The lowest BCUT2D eigenvalue weighted by atomic mass is 9.83. The Morgan fingerprint density at radius 3 is 2.69 bits per heavy atom. The summed E-state index contributed by atoms with van der Waals surface area (Å²) in [4.78, 5) is 14.3. The van der Waals surface area contributed by atoms with E-state index in [1.165, 1.54) is 6.42 Å². The maximum absolute atomic E-state index is 12.3. The third kappa shape index (κ3) is 2.23. The smallest absolute Gasteiger partial charge is 0.245 e. The zero-order valence-electron chi connectivity index (χ0n) is 10.3. The largest absolute Gasteiger partial charge is 0.379 e. The number of hydrogen-bond acceptors (Lipinski definition) is 3. The molecule has 2 heterocycles. The van der Waals surface area contributed by atoms with Gasteiger partial charge in [0.2, 0.25) is 5.91 Å². The van der Waals surface area contributed by atoms with Gasteiger partial charge in [0.05, 0.1) is 6.61 Å². The fraction of sp³-hybridized carbons (Fsp3) is 0.917. The van der Waals surface area contributed by atoms with Gasteiger partial charge in [0.1, 0.15) is 5.54 Å². The van der Waals surface area contributed by atoms with Crippen molar-refractivity contribution in [3.05, 3.63) is 0 Å². The minimum Gasteiger partial charge on any atom is -0.379 e. The normalized spacial score (nSPS) is 34.1. The number of hydrogen-bond donors (Lipinski definition) is 1. The molecule has 4 nitrogen and oxygen atoms in total. The maximum atomic E-state index is 12.3. The van der Waals surface area contributed by atoms with E-state index in [2.05, 4.69) is 13.8 Å². The molecule has 2 rings (SSSR count). The van der Waals surface area contributed by atoms with Crippen LogP contribution in [0.15, 0.2) is 0 Å². The highest BCUT2D eigenvalue weighted by Crippen LogP contribution is 2.30. The van der Waals surface area contributed by atoms with Crippen LogP contribution in [0.4, 0.5) is 0 Å². The van der Waals surface area contributed by atoms with Gasteiger partial charge >= 0.3 is 0 Å². The molecule has 0 saturated carbocycles. The molecule has 92 valence electrons. The number of amides is 1. The van der Waals surface area contributed by atoms with E-state index in [-0.39, 0.29) is 11.3 Å². The van der Waals surface area contributed by atoms with Gasteiger partial charge in [-0.15, -0.1) is 0 Å². The van der Waals surface area contributed by atoms with E-state index in [0.717, 1.165) is 19.5 Å². The van der Waals surface area contributed by atoms with Gasteiger partial charge in [-0.2, -0.15) is 0 Å². The summed E-state index contributed by atoms with van der Waals surface area (Å²) in [7, 11) is 0. The summed E-state index contributed by atoms with van der Waals surface area (Å²) in [6, 6.07) is 0. The summed E-state index contributed by atoms with van der Waals surface area (Å²) in [5.41, 5.74) is 5.58. The monoisotopic (exact) mass is 226 g/mol. The minimum atomic E-state index is -0.757. The summed E-state index contributed by atoms with van der Waals surface area (Å²) in [6.07, 6.45) is 2.92. The topological polar surface area (TPSA) is 55.6 Å². The van der Waals surface area contributed by atoms with Crippen molar-refractivity contribution in [2.75, 3.05) is 26.3 Å². The van der Waals surface area contributed by atoms with Crippen molar-refractivity contribution in [2.24, 2.45) is 11.1 Å². The Morgan fingerprint density at radius 2 is 2.12 bits per heavy atom. The predicted molar refractivity (Wildman–Crippen MR) is 61.9 cm³/mol. The molecule has 0 bridgehead atoms. The molecule has 0 aromatic carbocycles. The number of carbonyl (C=O) groups excluding carboxylic acids is 1. The van der Waals surface area contributed by atoms with Gasteiger partial charge in [-0.3, -0.25) is 4.79 Å². The van der Waals surface area contributed by atoms with Crippen LogP contribution in [0.3, 0.4) is 0 Å². The van der Waals surface area contributed by atoms with Gasteiger partial charge in [-0.25, -0.2) is 0 Å². The number of nitrogens with two attached hydrogens (primary N) is 1. The second kappa shape index (κ2) is 4.00. The Bertz CT molecular complexity index is 283. The van der Waals surface area contributed by atoms with E-state index < -0.39 is 5.54 Å². The first-order chi connectivity index (χ1) is 7.43. The first kappa shape index (κ1) is 11.9. The minimum absolute atomic E-state index is 0.0813. The van der Waals surface area contributed by atoms with E-state index in [9.17, 15) is 4.79 Å². The number of rotatable bonds is 1. The van der Waals surface area contributed by atoms with E-state index in [1.54, 1.807) is 0 Å². The Morgan fingerprint density at radius 1 is 1.38 bits per heavy atom. The molecule has 2 saturated heterocycles. The standard InChI is InChI=1S/C12H22N2O2/c1-11(2)4-3-6-14(8-11)10(15)12(13)5-7-16-9-12/h3-9,13H2,1-2H3. The van der Waals surface area contributed by atoms with Crippen LogP contribution < -0.4 is 5.73 Å². The highest BCUT2D eigenvalue weighted by Gasteiger charge is 2.43. The van der Waals surface area contributed by atoms with Crippen LogP contribution in [-0.2, 0) is 9.53 Å². The van der Waals surface area contributed by atoms with Gasteiger partial charge in [0.15, 0.2) is 0 Å². The fourth-order valence-corrected chi connectivity index (χ4v) is 2.66. The summed E-state index contributed by atoms with van der Waals surface area (Å²) in [6.45, 7) is 7.08. The average molecular weight is 226 g/mol. The van der Waals surface area contributed by atoms with Gasteiger partial charge in [0.25, 0.3) is 0 Å². The fourth-order valence-electron chi connectivity index (χ4n) is 2.66. The van der Waals surface area contributed by atoms with Crippen molar-refractivity contribution in [2.45, 2.75) is 38.6 Å². The molecular formula is C12H22N2O2. The molecule has 2 aliphatic heterocycles. The number of ether oxygens (including phenoxy) is 1. The lowest BCUT2D eigenvalue weighted by Crippen LogP contribution is -2.58. The lowest BCUT2D eigenvalue weighted by Gasteiger charge is -2.40. The average Bonchev–Trinajstić information content (AvgIpc) is 2.64. The zero-order valence-corrected chi connectivity index (χ0v) is 10.3. The first-order valence-electron chi connectivity index (χ1n) is 6.09. The molecule has 4 heteroatoms. The van der Waals surface area contributed by atoms with Crippen molar-refractivity contribution < 1.29 is 9.53 Å². The van der Waals surface area contributed by atoms with Crippen LogP contribution in [0.1, 0.15) is 33.1 Å². The third-order valence-electron chi connectivity index (χ3n) is 3.67. The number of nitrogens with zero attached hydrogens (tertiary/aromatic N) is 1. The molecule has 1 atom stereocenters. The quantitative estimate of drug-likeness (QED) is 0.718. The summed E-state index contributed by atoms with van der Waals surface area (Å²) < 4.78 is 5.25. The van der Waals surface area contributed by atoms with Crippen LogP contribution in [0.2, 0.25) is 0 Å². The molecule has 0 aromatic rings. The summed E-state index contributed by atoms with van der Waals surface area (Å²) in [5, 5.41) is 0. The second-order valence-electron chi connectivity index (χ2n) is 5.95. The molecule has 0 radical (unpaired) electrons. The highest BCUT2D eigenvalue weighted by molar-refractivity contribution is 5.86. The maximum Gasteiger partial charge on any atom is 0.245 e. The Hall–Kier alpha value is -0.610. The molecule has 1 unspecified atom stereocenters. The van der Waals surface area contributed by atoms with Gasteiger partial charge < -0.3 is 15.4 Å². The highest BCUT2D eigenvalue weighted by atomic mass is 16.5. The van der Waals surface area contributed by atoms with E-state index in [0.29, 0.717) is 19.6 Å². The Kier molecular flexibility index (Phi) is 2.97. The lowest BCUT2D eigenvalue weighted by molar-refractivity contribution is -0.140. The molecule has 1 amide bonds. The molecule has 0 aromatic heterocycles. The zero-order chi connectivity index (χ0) is 11.8. The Labute approximate surface area is 97.1 Å². The van der Waals surface area contributed by atoms with Crippen molar-refractivity contribution in [3.63, 3.8) is 0 Å². The third-order valence-corrected chi connectivity index (χ3v) is 3.67. The number of piperidine rings is 1. The second-order valence-corrected chi connectivity index (χ2v) is 5.95. The Balaban J connectivity index is 2.04. The van der Waals surface area contributed by atoms with Crippen molar-refractivity contribution >= 4 is 5.91 Å². The number of likely N-dealkylation sites (tertiary alicyclic amines) is 1. The summed E-state index contributed by atoms with van der Waals surface area (Å²) >= 11 is 0. The van der Waals surface area contributed by atoms with Crippen LogP contribution in [0.5, 0.6) is 0 Å². The molecule has 2 N–H and O–H groups in total. The predicted octanol–water partition coefficient (Wildman–Crippen LogP) is 0.753. The van der Waals surface area contributed by atoms with Gasteiger partial charge in [-0.05, 0) is 24.7 Å². The van der Waals surface area contributed by atoms with Gasteiger partial charge in [-0.1, -0.05) is 13.8 Å². The first-order valence-corrected chi connectivity index (χ1v) is 6.09. The SMILES string of the molecule is CC1(C)CCCN(C(=O)C2(N)CCOC2)C1. The van der Waals surface area contributed by atoms with Gasteiger partial charge in [0, 0.05) is 19.7 Å². The number of carbonyl (C=O) groups is 1. The van der Waals surface area contributed by atoms with E-state index >= 15 is 0 Å². The molecule has 2 fully saturated rings. The molecule has 0 aliphatic carbocycles. The van der Waals surface area contributed by atoms with E-state index in [1.807, 2.05) is 4.90 Å². The summed E-state index contributed by atoms with van der Waals surface area (Å²) in [5.74, 6) is 0.0813. The van der Waals surface area contributed by atoms with Crippen LogP contribution in [-0.4, -0.2) is 42.6 Å². The van der Waals surface area contributed by atoms with Crippen LogP contribution >= 0.6 is 0 Å². The van der Waals surface area contributed by atoms with E-state index in [4.69, 9.17) is 10.5 Å². The van der Waals surface area contributed by atoms with Crippen molar-refractivity contribution in [1.29, 1.82) is 0 Å². The van der Waals surface area contributed by atoms with Crippen molar-refractivity contribution in [1.82, 2.24) is 4.90 Å². The molecule has 0 spiro atoms. The molecule has 16 heavy (non-hydrogen) atoms. The molecule has 2 aliphatic rings.